The lowest BCUT2D eigenvalue weighted by molar-refractivity contribution is -0.142. The molecule has 0 saturated carbocycles. The van der Waals surface area contributed by atoms with E-state index in [0.29, 0.717) is 44.2 Å². The van der Waals surface area contributed by atoms with E-state index in [1.807, 2.05) is 13.0 Å². The van der Waals surface area contributed by atoms with Gasteiger partial charge in [-0.2, -0.15) is 0 Å². The lowest BCUT2D eigenvalue weighted by atomic mass is 9.93. The molecule has 0 radical (unpaired) electrons. The van der Waals surface area contributed by atoms with Crippen LogP contribution in [0.5, 0.6) is 5.75 Å². The minimum Gasteiger partial charge on any atom is -0.494 e. The summed E-state index contributed by atoms with van der Waals surface area (Å²) in [4.78, 5) is 59.3. The number of rotatable bonds is 23. The average Bonchev–Trinajstić information content (AvgIpc) is 3.14. The maximum Gasteiger partial charge on any atom is 0.343 e. The van der Waals surface area contributed by atoms with Crippen LogP contribution in [0, 0.1) is 4.91 Å². The highest BCUT2D eigenvalue weighted by molar-refractivity contribution is 5.92. The van der Waals surface area contributed by atoms with E-state index in [4.69, 9.17) is 28.4 Å². The lowest BCUT2D eigenvalue weighted by Gasteiger charge is -2.28. The number of unbranched alkanes of at least 4 members (excludes halogenated alkanes) is 6. The molecule has 0 heterocycles. The van der Waals surface area contributed by atoms with E-state index in [2.05, 4.69) is 18.3 Å². The van der Waals surface area contributed by atoms with Crippen LogP contribution in [0.2, 0.25) is 0 Å². The molecule has 0 fully saturated rings. The van der Waals surface area contributed by atoms with Crippen LogP contribution in [0.3, 0.4) is 0 Å². The van der Waals surface area contributed by atoms with Crippen LogP contribution in [0.4, 0.5) is 0 Å². The minimum absolute atomic E-state index is 0.0670. The van der Waals surface area contributed by atoms with Gasteiger partial charge in [0.05, 0.1) is 36.6 Å². The van der Waals surface area contributed by atoms with E-state index in [9.17, 15) is 24.1 Å². The van der Waals surface area contributed by atoms with Gasteiger partial charge in [-0.05, 0) is 99.9 Å². The molecule has 2 unspecified atom stereocenters. The van der Waals surface area contributed by atoms with Crippen LogP contribution in [-0.4, -0.2) is 62.0 Å². The van der Waals surface area contributed by atoms with Gasteiger partial charge in [-0.15, -0.1) is 4.91 Å². The van der Waals surface area contributed by atoms with Gasteiger partial charge < -0.3 is 28.4 Å². The second-order valence-electron chi connectivity index (χ2n) is 12.1. The number of allylic oxidation sites excluding steroid dienone is 1. The van der Waals surface area contributed by atoms with Gasteiger partial charge in [-0.3, -0.25) is 0 Å². The molecule has 12 heteroatoms. The molecule has 0 saturated heterocycles. The van der Waals surface area contributed by atoms with Crippen LogP contribution >= 0.6 is 0 Å². The molecule has 0 bridgehead atoms. The van der Waals surface area contributed by atoms with Gasteiger partial charge in [-0.1, -0.05) is 31.7 Å². The first-order valence-electron chi connectivity index (χ1n) is 17.2. The topological polar surface area (TPSA) is 153 Å². The fraction of sp³-hybridized carbons (Fsp3) is 0.436. The molecule has 3 rings (SSSR count). The average molecular weight is 706 g/mol. The zero-order valence-electron chi connectivity index (χ0n) is 29.2. The third kappa shape index (κ3) is 14.7. The van der Waals surface area contributed by atoms with Crippen molar-refractivity contribution in [2.45, 2.75) is 82.8 Å². The van der Waals surface area contributed by atoms with Crippen molar-refractivity contribution in [1.82, 2.24) is 0 Å². The lowest BCUT2D eigenvalue weighted by Crippen LogP contribution is -2.29. The van der Waals surface area contributed by atoms with Gasteiger partial charge in [0.25, 0.3) is 0 Å². The highest BCUT2D eigenvalue weighted by Crippen LogP contribution is 2.28. The van der Waals surface area contributed by atoms with Crippen LogP contribution < -0.4 is 4.74 Å². The number of esters is 4. The summed E-state index contributed by atoms with van der Waals surface area (Å²) in [6.45, 7) is 10.4. The summed E-state index contributed by atoms with van der Waals surface area (Å²) in [6, 6.07) is 6.51. The molecular weight excluding hydrogens is 658 g/mol. The molecule has 1 aromatic carbocycles. The van der Waals surface area contributed by atoms with Crippen molar-refractivity contribution in [3.63, 3.8) is 0 Å². The Morgan fingerprint density at radius 1 is 0.824 bits per heavy atom. The van der Waals surface area contributed by atoms with E-state index in [1.54, 1.807) is 42.5 Å². The standard InChI is InChI=1S/C39H47NO11/c1-4-35(41)47-25-11-7-6-10-24-46-31-16-14-29(15-17-31)37(43)50-32-18-19-34(33(28-32)40-45)51-38(44)30-20-22-39(3,23-21-30)49-27-13-9-8-12-26-48-36(42)5-2/h4-5,14-18,20-22,28,34H,1-2,6-13,19,23-27H2,3H3. The molecule has 2 atom stereocenters. The molecule has 0 amide bonds. The summed E-state index contributed by atoms with van der Waals surface area (Å²) < 4.78 is 32.7. The number of nitrogens with zero attached hydrogens (tertiary/aromatic N) is 1. The Balaban J connectivity index is 1.35. The fourth-order valence-electron chi connectivity index (χ4n) is 5.00. The van der Waals surface area contributed by atoms with E-state index in [1.165, 1.54) is 6.08 Å². The molecule has 51 heavy (non-hydrogen) atoms. The van der Waals surface area contributed by atoms with Crippen LogP contribution in [-0.2, 0) is 38.1 Å². The quantitative estimate of drug-likeness (QED) is 0.0370. The monoisotopic (exact) mass is 705 g/mol. The third-order valence-electron chi connectivity index (χ3n) is 7.99. The molecule has 12 nitrogen and oxygen atoms in total. The summed E-state index contributed by atoms with van der Waals surface area (Å²) in [5.74, 6) is -1.33. The Labute approximate surface area is 298 Å². The first kappa shape index (κ1) is 40.3. The van der Waals surface area contributed by atoms with Crippen molar-refractivity contribution in [3.05, 3.63) is 107 Å². The fourth-order valence-corrected chi connectivity index (χ4v) is 5.00. The van der Waals surface area contributed by atoms with Crippen LogP contribution in [0.25, 0.3) is 0 Å². The molecule has 2 aliphatic carbocycles. The van der Waals surface area contributed by atoms with Crippen molar-refractivity contribution in [2.75, 3.05) is 26.4 Å². The van der Waals surface area contributed by atoms with Gasteiger partial charge in [0.2, 0.25) is 0 Å². The molecule has 2 aliphatic rings. The normalized spacial score (nSPS) is 17.9. The van der Waals surface area contributed by atoms with Gasteiger partial charge in [0, 0.05) is 31.3 Å². The number of hydrogen-bond acceptors (Lipinski definition) is 12. The molecule has 0 aromatic heterocycles. The van der Waals surface area contributed by atoms with Gasteiger partial charge >= 0.3 is 23.9 Å². The van der Waals surface area contributed by atoms with Crippen molar-refractivity contribution < 1.29 is 47.6 Å². The first-order valence-corrected chi connectivity index (χ1v) is 17.2. The largest absolute Gasteiger partial charge is 0.494 e. The van der Waals surface area contributed by atoms with Crippen molar-refractivity contribution >= 4 is 23.9 Å². The minimum atomic E-state index is -0.928. The van der Waals surface area contributed by atoms with Crippen molar-refractivity contribution in [3.8, 4) is 5.75 Å². The third-order valence-corrected chi connectivity index (χ3v) is 7.99. The van der Waals surface area contributed by atoms with E-state index >= 15 is 0 Å². The second-order valence-corrected chi connectivity index (χ2v) is 12.1. The maximum atomic E-state index is 12.9. The summed E-state index contributed by atoms with van der Waals surface area (Å²) >= 11 is 0. The zero-order chi connectivity index (χ0) is 36.9. The highest BCUT2D eigenvalue weighted by Gasteiger charge is 2.29. The summed E-state index contributed by atoms with van der Waals surface area (Å²) in [6.07, 6.45) is 16.9. The number of nitroso groups, excluding NO2 is 1. The van der Waals surface area contributed by atoms with Gasteiger partial charge in [-0.25, -0.2) is 19.2 Å². The van der Waals surface area contributed by atoms with Gasteiger partial charge in [0.15, 0.2) is 6.10 Å². The Bertz CT molecular complexity index is 1500. The highest BCUT2D eigenvalue weighted by atomic mass is 16.6. The Morgan fingerprint density at radius 2 is 1.43 bits per heavy atom. The van der Waals surface area contributed by atoms with Crippen LogP contribution in [0.1, 0.15) is 81.5 Å². The molecule has 0 N–H and O–H groups in total. The molecule has 0 spiro atoms. The van der Waals surface area contributed by atoms with Crippen molar-refractivity contribution in [2.24, 2.45) is 5.18 Å². The summed E-state index contributed by atoms with van der Waals surface area (Å²) in [5, 5.41) is 3.01. The van der Waals surface area contributed by atoms with E-state index in [-0.39, 0.29) is 23.4 Å². The zero-order valence-corrected chi connectivity index (χ0v) is 29.2. The number of benzene rings is 1. The maximum absolute atomic E-state index is 12.9. The number of hydrogen-bond donors (Lipinski definition) is 0. The Morgan fingerprint density at radius 3 is 2.00 bits per heavy atom. The molecule has 0 aliphatic heterocycles. The first-order chi connectivity index (χ1) is 24.7. The summed E-state index contributed by atoms with van der Waals surface area (Å²) in [7, 11) is 0. The Hall–Kier alpha value is -5.10. The van der Waals surface area contributed by atoms with Gasteiger partial charge in [0.1, 0.15) is 17.2 Å². The SMILES string of the molecule is C=CC(=O)OCCCCCCOc1ccc(C(=O)OC2=CCC(OC(=O)C3=CCC(C)(OCCCCCCOC(=O)C=C)C=C3)C(N=O)=C2)cc1. The van der Waals surface area contributed by atoms with Crippen LogP contribution in [0.15, 0.2) is 102 Å². The second kappa shape index (κ2) is 21.9. The van der Waals surface area contributed by atoms with E-state index < -0.39 is 35.6 Å². The predicted octanol–water partition coefficient (Wildman–Crippen LogP) is 7.31. The molecular formula is C39H47NO11. The molecule has 1 aromatic rings. The molecule has 274 valence electrons. The Kier molecular flexibility index (Phi) is 17.3. The number of ether oxygens (including phenoxy) is 6. The number of carbonyl (C=O) groups is 4. The van der Waals surface area contributed by atoms with E-state index in [0.717, 1.165) is 63.5 Å². The number of carbonyl (C=O) groups excluding carboxylic acids is 4. The summed E-state index contributed by atoms with van der Waals surface area (Å²) in [5.41, 5.74) is -0.00349. The van der Waals surface area contributed by atoms with Crippen molar-refractivity contribution in [1.29, 1.82) is 0 Å². The predicted molar refractivity (Wildman–Crippen MR) is 189 cm³/mol. The smallest absolute Gasteiger partial charge is 0.343 e.